The molecule has 0 N–H and O–H groups in total. The third-order valence-corrected chi connectivity index (χ3v) is 6.45. The van der Waals surface area contributed by atoms with Crippen LogP contribution in [0.1, 0.15) is 48.4 Å². The summed E-state index contributed by atoms with van der Waals surface area (Å²) >= 11 is 0. The van der Waals surface area contributed by atoms with E-state index >= 15 is 4.39 Å². The van der Waals surface area contributed by atoms with Gasteiger partial charge in [-0.05, 0) is 65.5 Å². The molecule has 0 saturated heterocycles. The molecule has 0 amide bonds. The summed E-state index contributed by atoms with van der Waals surface area (Å²) in [6.45, 7) is 2.19. The molecule has 36 heavy (non-hydrogen) atoms. The molecule has 0 fully saturated rings. The molecule has 0 bridgehead atoms. The predicted octanol–water partition coefficient (Wildman–Crippen LogP) is 9.46. The monoisotopic (exact) mass is 500 g/mol. The Kier molecular flexibility index (Phi) is 7.72. The summed E-state index contributed by atoms with van der Waals surface area (Å²) < 4.78 is 81.9. The Labute approximate surface area is 206 Å². The SMILES string of the molecule is CCCCCc1ccc(CCc2ccc3c(F)c(-c4cc(F)c(C(F)(F)F)c(F)c4)ccc3c2)cc1. The predicted molar refractivity (Wildman–Crippen MR) is 131 cm³/mol. The summed E-state index contributed by atoms with van der Waals surface area (Å²) in [7, 11) is 0. The van der Waals surface area contributed by atoms with E-state index in [2.05, 4.69) is 31.2 Å². The van der Waals surface area contributed by atoms with Crippen molar-refractivity contribution in [3.8, 4) is 11.1 Å². The van der Waals surface area contributed by atoms with Gasteiger partial charge in [-0.1, -0.05) is 74.4 Å². The van der Waals surface area contributed by atoms with Gasteiger partial charge in [-0.3, -0.25) is 0 Å². The number of alkyl halides is 3. The van der Waals surface area contributed by atoms with Gasteiger partial charge in [0.15, 0.2) is 0 Å². The largest absolute Gasteiger partial charge is 0.422 e. The molecule has 0 aromatic heterocycles. The highest BCUT2D eigenvalue weighted by molar-refractivity contribution is 5.88. The molecule has 0 unspecified atom stereocenters. The van der Waals surface area contributed by atoms with Crippen molar-refractivity contribution in [3.05, 3.63) is 106 Å². The molecule has 4 rings (SSSR count). The molecule has 0 nitrogen and oxygen atoms in total. The number of hydrogen-bond donors (Lipinski definition) is 0. The summed E-state index contributed by atoms with van der Waals surface area (Å²) in [5.74, 6) is -4.29. The average Bonchev–Trinajstić information content (AvgIpc) is 2.82. The van der Waals surface area contributed by atoms with Gasteiger partial charge in [0.25, 0.3) is 0 Å². The van der Waals surface area contributed by atoms with Crippen molar-refractivity contribution in [2.24, 2.45) is 0 Å². The zero-order valence-electron chi connectivity index (χ0n) is 19.9. The van der Waals surface area contributed by atoms with Crippen molar-refractivity contribution >= 4 is 10.8 Å². The number of hydrogen-bond acceptors (Lipinski definition) is 0. The molecule has 0 spiro atoms. The molecule has 4 aromatic rings. The van der Waals surface area contributed by atoms with Crippen LogP contribution in [0.25, 0.3) is 21.9 Å². The Balaban J connectivity index is 1.52. The van der Waals surface area contributed by atoms with Crippen LogP contribution in [0.15, 0.2) is 66.7 Å². The molecule has 0 aliphatic heterocycles. The number of halogens is 6. The zero-order valence-corrected chi connectivity index (χ0v) is 19.9. The Morgan fingerprint density at radius 2 is 1.22 bits per heavy atom. The summed E-state index contributed by atoms with van der Waals surface area (Å²) in [4.78, 5) is 0. The van der Waals surface area contributed by atoms with Crippen LogP contribution in [-0.4, -0.2) is 0 Å². The van der Waals surface area contributed by atoms with E-state index in [0.717, 1.165) is 24.8 Å². The maximum Gasteiger partial charge on any atom is 0.422 e. The molecule has 0 saturated carbocycles. The van der Waals surface area contributed by atoms with Crippen LogP contribution < -0.4 is 0 Å². The first-order valence-corrected chi connectivity index (χ1v) is 12.0. The van der Waals surface area contributed by atoms with Crippen LogP contribution in [0.4, 0.5) is 26.3 Å². The van der Waals surface area contributed by atoms with Crippen molar-refractivity contribution in [1.29, 1.82) is 0 Å². The third kappa shape index (κ3) is 5.75. The number of unbranched alkanes of at least 4 members (excludes halogenated alkanes) is 2. The van der Waals surface area contributed by atoms with Gasteiger partial charge < -0.3 is 0 Å². The number of aryl methyl sites for hydroxylation is 3. The lowest BCUT2D eigenvalue weighted by atomic mass is 9.96. The van der Waals surface area contributed by atoms with E-state index in [-0.39, 0.29) is 16.5 Å². The maximum absolute atomic E-state index is 15.2. The molecular formula is C30H26F6. The van der Waals surface area contributed by atoms with Crippen molar-refractivity contribution in [2.75, 3.05) is 0 Å². The second kappa shape index (κ2) is 10.8. The minimum atomic E-state index is -5.18. The van der Waals surface area contributed by atoms with Crippen LogP contribution in [-0.2, 0) is 25.4 Å². The normalized spacial score (nSPS) is 11.9. The van der Waals surface area contributed by atoms with Crippen LogP contribution in [0.2, 0.25) is 0 Å². The number of fused-ring (bicyclic) bond motifs is 1. The van der Waals surface area contributed by atoms with Gasteiger partial charge in [-0.15, -0.1) is 0 Å². The highest BCUT2D eigenvalue weighted by atomic mass is 19.4. The fraction of sp³-hybridized carbons (Fsp3) is 0.267. The Morgan fingerprint density at radius 3 is 1.83 bits per heavy atom. The van der Waals surface area contributed by atoms with Gasteiger partial charge in [-0.25, -0.2) is 13.2 Å². The molecule has 6 heteroatoms. The molecule has 0 heterocycles. The maximum atomic E-state index is 15.2. The topological polar surface area (TPSA) is 0 Å². The Morgan fingerprint density at radius 1 is 0.639 bits per heavy atom. The zero-order chi connectivity index (χ0) is 25.9. The van der Waals surface area contributed by atoms with E-state index in [1.165, 1.54) is 36.5 Å². The van der Waals surface area contributed by atoms with E-state index in [0.29, 0.717) is 17.5 Å². The van der Waals surface area contributed by atoms with E-state index in [1.807, 2.05) is 6.07 Å². The lowest BCUT2D eigenvalue weighted by Gasteiger charge is -2.13. The fourth-order valence-corrected chi connectivity index (χ4v) is 4.46. The van der Waals surface area contributed by atoms with Crippen LogP contribution in [0.3, 0.4) is 0 Å². The van der Waals surface area contributed by atoms with E-state index in [1.54, 1.807) is 18.2 Å². The molecule has 0 aliphatic rings. The first-order chi connectivity index (χ1) is 17.2. The lowest BCUT2D eigenvalue weighted by molar-refractivity contribution is -0.142. The second-order valence-corrected chi connectivity index (χ2v) is 9.07. The average molecular weight is 501 g/mol. The summed E-state index contributed by atoms with van der Waals surface area (Å²) in [6.07, 6.45) is 1.09. The van der Waals surface area contributed by atoms with Gasteiger partial charge in [0, 0.05) is 10.9 Å². The van der Waals surface area contributed by atoms with E-state index in [9.17, 15) is 22.0 Å². The van der Waals surface area contributed by atoms with Crippen molar-refractivity contribution in [2.45, 2.75) is 51.6 Å². The highest BCUT2D eigenvalue weighted by Crippen LogP contribution is 2.37. The summed E-state index contributed by atoms with van der Waals surface area (Å²) in [5.41, 5.74) is 1.11. The summed E-state index contributed by atoms with van der Waals surface area (Å²) in [6, 6.07) is 17.8. The fourth-order valence-electron chi connectivity index (χ4n) is 4.46. The van der Waals surface area contributed by atoms with Gasteiger partial charge in [0.1, 0.15) is 23.0 Å². The van der Waals surface area contributed by atoms with Gasteiger partial charge in [-0.2, -0.15) is 13.2 Å². The highest BCUT2D eigenvalue weighted by Gasteiger charge is 2.38. The van der Waals surface area contributed by atoms with E-state index in [4.69, 9.17) is 0 Å². The first kappa shape index (κ1) is 25.8. The van der Waals surface area contributed by atoms with Crippen LogP contribution in [0, 0.1) is 17.5 Å². The smallest absolute Gasteiger partial charge is 0.206 e. The number of benzene rings is 4. The van der Waals surface area contributed by atoms with Crippen LogP contribution in [0.5, 0.6) is 0 Å². The molecule has 0 aliphatic carbocycles. The van der Waals surface area contributed by atoms with Crippen LogP contribution >= 0.6 is 0 Å². The van der Waals surface area contributed by atoms with E-state index < -0.39 is 29.2 Å². The minimum absolute atomic E-state index is 0.166. The quantitative estimate of drug-likeness (QED) is 0.167. The molecule has 0 atom stereocenters. The van der Waals surface area contributed by atoms with Crippen molar-refractivity contribution in [3.63, 3.8) is 0 Å². The van der Waals surface area contributed by atoms with Gasteiger partial charge in [0.05, 0.1) is 0 Å². The Hall–Kier alpha value is -3.28. The standard InChI is InChI=1S/C30H26F6/c1-2-3-4-5-19-6-8-20(9-7-19)10-11-21-12-14-24-22(16-21)13-15-25(29(24)33)23-17-26(31)28(27(32)18-23)30(34,35)36/h6-9,12-18H,2-5,10-11H2,1H3. The van der Waals surface area contributed by atoms with Crippen molar-refractivity contribution < 1.29 is 26.3 Å². The molecule has 0 radical (unpaired) electrons. The minimum Gasteiger partial charge on any atom is -0.206 e. The molecule has 188 valence electrons. The number of rotatable bonds is 8. The van der Waals surface area contributed by atoms with Crippen molar-refractivity contribution in [1.82, 2.24) is 0 Å². The Bertz CT molecular complexity index is 1330. The third-order valence-electron chi connectivity index (χ3n) is 6.45. The lowest BCUT2D eigenvalue weighted by Crippen LogP contribution is -2.11. The molecular weight excluding hydrogens is 474 g/mol. The van der Waals surface area contributed by atoms with Gasteiger partial charge in [0.2, 0.25) is 0 Å². The second-order valence-electron chi connectivity index (χ2n) is 9.07. The summed E-state index contributed by atoms with van der Waals surface area (Å²) in [5, 5.41) is 0.835. The molecule has 4 aromatic carbocycles. The van der Waals surface area contributed by atoms with Gasteiger partial charge >= 0.3 is 6.18 Å². The first-order valence-electron chi connectivity index (χ1n) is 12.0.